The molecule has 1 amide bonds. The Morgan fingerprint density at radius 3 is 2.37 bits per heavy atom. The Bertz CT molecular complexity index is 662. The summed E-state index contributed by atoms with van der Waals surface area (Å²) in [5, 5.41) is 2.91. The van der Waals surface area contributed by atoms with Crippen molar-refractivity contribution in [2.75, 3.05) is 6.61 Å². The van der Waals surface area contributed by atoms with E-state index in [1.165, 1.54) is 13.8 Å². The van der Waals surface area contributed by atoms with Crippen molar-refractivity contribution >= 4 is 11.9 Å². The van der Waals surface area contributed by atoms with Gasteiger partial charge in [-0.2, -0.15) is 0 Å². The lowest BCUT2D eigenvalue weighted by molar-refractivity contribution is -0.139. The maximum absolute atomic E-state index is 11.3. The van der Waals surface area contributed by atoms with Gasteiger partial charge in [-0.15, -0.1) is 19.7 Å². The summed E-state index contributed by atoms with van der Waals surface area (Å²) in [4.78, 5) is 29.2. The van der Waals surface area contributed by atoms with Crippen LogP contribution in [0.1, 0.15) is 39.5 Å². The van der Waals surface area contributed by atoms with Crippen LogP contribution in [0, 0.1) is 36.8 Å². The first kappa shape index (κ1) is 24.0. The van der Waals surface area contributed by atoms with Crippen LogP contribution in [0.15, 0.2) is 25.8 Å². The Kier molecular flexibility index (Phi) is 10.9. The summed E-state index contributed by atoms with van der Waals surface area (Å²) in [6, 6.07) is 0.0426. The van der Waals surface area contributed by atoms with Crippen LogP contribution in [0.25, 0.3) is 9.69 Å². The van der Waals surface area contributed by atoms with Crippen LogP contribution < -0.4 is 5.32 Å². The zero-order chi connectivity index (χ0) is 20.9. The second-order valence-electron chi connectivity index (χ2n) is 6.13. The minimum Gasteiger partial charge on any atom is -0.453 e. The Morgan fingerprint density at radius 2 is 1.89 bits per heavy atom. The zero-order valence-electron chi connectivity index (χ0n) is 16.1. The molecule has 1 rings (SSSR count). The van der Waals surface area contributed by atoms with Crippen molar-refractivity contribution in [2.45, 2.75) is 51.2 Å². The topological polar surface area (TPSA) is 64.1 Å². The van der Waals surface area contributed by atoms with Crippen LogP contribution in [0.4, 0.5) is 0 Å². The van der Waals surface area contributed by atoms with Crippen molar-refractivity contribution in [1.29, 1.82) is 0 Å². The number of carbonyl (C=O) groups excluding carboxylic acids is 2. The van der Waals surface area contributed by atoms with Gasteiger partial charge in [0.15, 0.2) is 13.0 Å². The van der Waals surface area contributed by atoms with Gasteiger partial charge in [0.2, 0.25) is 5.91 Å². The van der Waals surface area contributed by atoms with E-state index < -0.39 is 11.6 Å². The summed E-state index contributed by atoms with van der Waals surface area (Å²) in [5.74, 6) is 4.77. The molecule has 6 nitrogen and oxygen atoms in total. The predicted molar refractivity (Wildman–Crippen MR) is 105 cm³/mol. The minimum atomic E-state index is -1.27. The van der Waals surface area contributed by atoms with Gasteiger partial charge in [0.25, 0.3) is 0 Å². The first-order valence-electron chi connectivity index (χ1n) is 8.64. The molecule has 27 heavy (non-hydrogen) atoms. The zero-order valence-corrected chi connectivity index (χ0v) is 16.1. The first-order valence-corrected chi connectivity index (χ1v) is 8.64. The maximum atomic E-state index is 11.3. The van der Waals surface area contributed by atoms with Crippen molar-refractivity contribution in [1.82, 2.24) is 5.32 Å². The highest BCUT2D eigenvalue weighted by Gasteiger charge is 2.56. The van der Waals surface area contributed by atoms with Gasteiger partial charge in [0, 0.05) is 19.9 Å². The molecule has 1 saturated carbocycles. The number of amides is 1. The molecule has 6 heteroatoms. The maximum Gasteiger partial charge on any atom is 0.496 e. The van der Waals surface area contributed by atoms with Gasteiger partial charge in [-0.05, 0) is 25.2 Å². The fourth-order valence-corrected chi connectivity index (χ4v) is 3.24. The molecule has 0 heterocycles. The monoisotopic (exact) mass is 369 g/mol. The lowest BCUT2D eigenvalue weighted by Gasteiger charge is -2.34. The quantitative estimate of drug-likeness (QED) is 0.350. The van der Waals surface area contributed by atoms with Gasteiger partial charge >= 0.3 is 11.6 Å². The van der Waals surface area contributed by atoms with Crippen molar-refractivity contribution in [2.24, 2.45) is 11.8 Å². The molecule has 1 aliphatic rings. The van der Waals surface area contributed by atoms with Crippen LogP contribution in [0.2, 0.25) is 0 Å². The number of rotatable bonds is 5. The van der Waals surface area contributed by atoms with E-state index in [0.29, 0.717) is 12.8 Å². The number of hydrogen-bond acceptors (Lipinski definition) is 3. The van der Waals surface area contributed by atoms with E-state index in [1.807, 2.05) is 0 Å². The smallest absolute Gasteiger partial charge is 0.453 e. The van der Waals surface area contributed by atoms with Crippen LogP contribution >= 0.6 is 0 Å². The summed E-state index contributed by atoms with van der Waals surface area (Å²) < 4.78 is 4.74. The molecule has 1 N–H and O–H groups in total. The fraction of sp³-hybridized carbons (Fsp3) is 0.524. The van der Waals surface area contributed by atoms with Crippen LogP contribution in [0.3, 0.4) is 0 Å². The van der Waals surface area contributed by atoms with Gasteiger partial charge in [-0.1, -0.05) is 17.9 Å². The third-order valence-electron chi connectivity index (χ3n) is 4.41. The van der Waals surface area contributed by atoms with Crippen molar-refractivity contribution in [3.05, 3.63) is 48.6 Å². The summed E-state index contributed by atoms with van der Waals surface area (Å²) in [5.41, 5.74) is -1.27. The van der Waals surface area contributed by atoms with Crippen molar-refractivity contribution in [3.8, 4) is 11.8 Å². The molecule has 0 aromatic carbocycles. The predicted octanol–water partition coefficient (Wildman–Crippen LogP) is 3.39. The number of hydrogen-bond donors (Lipinski definition) is 1. The van der Waals surface area contributed by atoms with Gasteiger partial charge in [0.05, 0.1) is 0 Å². The molecule has 0 bridgehead atoms. The lowest BCUT2D eigenvalue weighted by Crippen LogP contribution is -2.45. The van der Waals surface area contributed by atoms with E-state index >= 15 is 0 Å². The average molecular weight is 369 g/mol. The van der Waals surface area contributed by atoms with Gasteiger partial charge in [0.1, 0.15) is 5.92 Å². The summed E-state index contributed by atoms with van der Waals surface area (Å²) in [7, 11) is 0. The SMILES string of the molecule is C=C.[C-]#[N+]C(CC#CCOC(C)=O)([N+]#[C-])[C@@H]1CC[C@H](NC(C)=O)C[C@H]1C=C. The lowest BCUT2D eigenvalue weighted by atomic mass is 9.70. The molecule has 0 unspecified atom stereocenters. The number of esters is 1. The average Bonchev–Trinajstić information content (AvgIpc) is 2.66. The van der Waals surface area contributed by atoms with E-state index in [-0.39, 0.29) is 36.8 Å². The van der Waals surface area contributed by atoms with E-state index in [9.17, 15) is 9.59 Å². The summed E-state index contributed by atoms with van der Waals surface area (Å²) in [6.45, 7) is 27.7. The Morgan fingerprint density at radius 1 is 1.26 bits per heavy atom. The highest BCUT2D eigenvalue weighted by Crippen LogP contribution is 2.43. The second-order valence-corrected chi connectivity index (χ2v) is 6.13. The standard InChI is InChI=1S/C19H23N3O3.C2H4/c1-6-16-13-17(22-14(2)23)9-10-18(16)19(20-4,21-5)11-7-8-12-25-15(3)24;1-2/h6,16-18H,1,9-13H2,2-3H3,(H,22,23);1-2H2/t16-,17+,18-;/m1./s1. The number of allylic oxidation sites excluding steroid dienone is 1. The molecular formula is C21H27N3O3. The van der Waals surface area contributed by atoms with Crippen LogP contribution in [-0.4, -0.2) is 30.2 Å². The molecule has 3 atom stereocenters. The minimum absolute atomic E-state index is 0.0379. The van der Waals surface area contributed by atoms with Gasteiger partial charge in [-0.3, -0.25) is 9.59 Å². The van der Waals surface area contributed by atoms with E-state index in [2.05, 4.69) is 46.6 Å². The Hall–Kier alpha value is -3.04. The van der Waals surface area contributed by atoms with Gasteiger partial charge < -0.3 is 10.1 Å². The normalized spacial score (nSPS) is 20.8. The third kappa shape index (κ3) is 7.38. The molecule has 1 aliphatic carbocycles. The molecule has 0 aromatic heterocycles. The molecule has 0 aromatic rings. The van der Waals surface area contributed by atoms with Crippen molar-refractivity contribution < 1.29 is 14.3 Å². The molecule has 0 radical (unpaired) electrons. The molecular weight excluding hydrogens is 342 g/mol. The number of carbonyl (C=O) groups is 2. The first-order chi connectivity index (χ1) is 12.9. The molecule has 144 valence electrons. The van der Waals surface area contributed by atoms with Crippen LogP contribution in [-0.2, 0) is 14.3 Å². The Labute approximate surface area is 162 Å². The highest BCUT2D eigenvalue weighted by atomic mass is 16.5. The number of ether oxygens (including phenoxy) is 1. The van der Waals surface area contributed by atoms with Crippen molar-refractivity contribution in [3.63, 3.8) is 0 Å². The largest absolute Gasteiger partial charge is 0.496 e. The third-order valence-corrected chi connectivity index (χ3v) is 4.41. The number of nitrogens with zero attached hydrogens (tertiary/aromatic N) is 2. The summed E-state index contributed by atoms with van der Waals surface area (Å²) in [6.07, 6.45) is 3.92. The van der Waals surface area contributed by atoms with E-state index in [0.717, 1.165) is 6.42 Å². The van der Waals surface area contributed by atoms with Gasteiger partial charge in [-0.25, -0.2) is 22.8 Å². The van der Waals surface area contributed by atoms with Crippen LogP contribution in [0.5, 0.6) is 0 Å². The van der Waals surface area contributed by atoms with E-state index in [4.69, 9.17) is 17.9 Å². The van der Waals surface area contributed by atoms with E-state index in [1.54, 1.807) is 6.08 Å². The summed E-state index contributed by atoms with van der Waals surface area (Å²) >= 11 is 0. The highest BCUT2D eigenvalue weighted by molar-refractivity contribution is 5.73. The molecule has 0 spiro atoms. The fourth-order valence-electron chi connectivity index (χ4n) is 3.24. The second kappa shape index (κ2) is 12.3. The molecule has 0 aliphatic heterocycles. The number of nitrogens with one attached hydrogen (secondary N) is 1. The molecule has 0 saturated heterocycles. The molecule has 1 fully saturated rings. The Balaban J connectivity index is 0.00000326.